The number of aryl methyl sites for hydroxylation is 2. The molecule has 0 saturated heterocycles. The topological polar surface area (TPSA) is 71.9 Å². The number of fused-ring (bicyclic) bond motifs is 1. The van der Waals surface area contributed by atoms with Crippen LogP contribution in [0.25, 0.3) is 31.8 Å². The van der Waals surface area contributed by atoms with Gasteiger partial charge in [-0.3, -0.25) is 0 Å². The predicted molar refractivity (Wildman–Crippen MR) is 226 cm³/mol. The SMILES string of the molecule is C=CCOC[C@H](COC(c1ccccc1)(c1ccc(OC)cc1)c1ccc(OC)cc1)Oc1cc(C)c(-c2c(-c3ccc(F)cc3)sc3ncnc(Cl)c23)c(C)c1. The lowest BCUT2D eigenvalue weighted by molar-refractivity contribution is -0.0524. The van der Waals surface area contributed by atoms with Gasteiger partial charge in [0.05, 0.1) is 39.4 Å². The van der Waals surface area contributed by atoms with E-state index in [1.54, 1.807) is 32.4 Å². The Balaban J connectivity index is 1.28. The number of ether oxygens (including phenoxy) is 5. The molecule has 0 aliphatic heterocycles. The van der Waals surface area contributed by atoms with Gasteiger partial charge >= 0.3 is 0 Å². The predicted octanol–water partition coefficient (Wildman–Crippen LogP) is 11.4. The van der Waals surface area contributed by atoms with Crippen LogP contribution in [0.2, 0.25) is 5.15 Å². The first-order valence-electron chi connectivity index (χ1n) is 18.4. The zero-order valence-electron chi connectivity index (χ0n) is 32.1. The lowest BCUT2D eigenvalue weighted by Gasteiger charge is -2.37. The molecule has 7 rings (SSSR count). The van der Waals surface area contributed by atoms with E-state index in [0.29, 0.717) is 17.5 Å². The number of thiophene rings is 1. The Morgan fingerprint density at radius 2 is 1.35 bits per heavy atom. The maximum absolute atomic E-state index is 14.0. The Kier molecular flexibility index (Phi) is 12.3. The minimum Gasteiger partial charge on any atom is -0.497 e. The fraction of sp³-hybridized carbons (Fsp3) is 0.191. The van der Waals surface area contributed by atoms with Crippen LogP contribution in [0.3, 0.4) is 0 Å². The van der Waals surface area contributed by atoms with Crippen LogP contribution in [0, 0.1) is 19.7 Å². The van der Waals surface area contributed by atoms with E-state index in [1.807, 2.05) is 92.7 Å². The molecule has 5 aromatic carbocycles. The fourth-order valence-electron chi connectivity index (χ4n) is 7.21. The Hall–Kier alpha value is -5.58. The molecule has 0 amide bonds. The molecule has 2 aromatic heterocycles. The van der Waals surface area contributed by atoms with Crippen molar-refractivity contribution in [1.82, 2.24) is 9.97 Å². The number of hydrogen-bond acceptors (Lipinski definition) is 8. The minimum absolute atomic E-state index is 0.154. The Morgan fingerprint density at radius 3 is 1.93 bits per heavy atom. The normalized spacial score (nSPS) is 12.0. The number of nitrogens with zero attached hydrogens (tertiary/aromatic N) is 2. The summed E-state index contributed by atoms with van der Waals surface area (Å²) >= 11 is 8.26. The molecule has 57 heavy (non-hydrogen) atoms. The first-order chi connectivity index (χ1) is 27.7. The molecule has 290 valence electrons. The van der Waals surface area contributed by atoms with Crippen LogP contribution in [-0.2, 0) is 15.1 Å². The highest BCUT2D eigenvalue weighted by atomic mass is 35.5. The molecule has 7 aromatic rings. The first-order valence-corrected chi connectivity index (χ1v) is 19.6. The van der Waals surface area contributed by atoms with Gasteiger partial charge in [-0.25, -0.2) is 14.4 Å². The highest BCUT2D eigenvalue weighted by Gasteiger charge is 2.39. The number of halogens is 2. The summed E-state index contributed by atoms with van der Waals surface area (Å²) < 4.78 is 45.1. The summed E-state index contributed by atoms with van der Waals surface area (Å²) in [5.74, 6) is 1.81. The summed E-state index contributed by atoms with van der Waals surface area (Å²) in [6.07, 6.45) is 2.64. The molecule has 0 radical (unpaired) electrons. The Bertz CT molecular complexity index is 2390. The van der Waals surface area contributed by atoms with Gasteiger partial charge in [0.15, 0.2) is 0 Å². The zero-order valence-corrected chi connectivity index (χ0v) is 33.7. The number of aromatic nitrogens is 2. The van der Waals surface area contributed by atoms with Gasteiger partial charge in [-0.2, -0.15) is 0 Å². The molecule has 2 heterocycles. The van der Waals surface area contributed by atoms with E-state index in [4.69, 9.17) is 35.3 Å². The van der Waals surface area contributed by atoms with Crippen LogP contribution in [0.4, 0.5) is 4.39 Å². The van der Waals surface area contributed by atoms with Crippen molar-refractivity contribution in [3.05, 3.63) is 173 Å². The number of methoxy groups -OCH3 is 2. The van der Waals surface area contributed by atoms with Crippen molar-refractivity contribution in [2.75, 3.05) is 34.0 Å². The van der Waals surface area contributed by atoms with Crippen molar-refractivity contribution in [3.8, 4) is 38.8 Å². The molecule has 0 unspecified atom stereocenters. The van der Waals surface area contributed by atoms with E-state index in [1.165, 1.54) is 29.8 Å². The molecule has 0 fully saturated rings. The number of rotatable bonds is 16. The zero-order chi connectivity index (χ0) is 39.9. The molecule has 0 spiro atoms. The molecular weight excluding hydrogens is 759 g/mol. The lowest BCUT2D eigenvalue weighted by Crippen LogP contribution is -2.38. The van der Waals surface area contributed by atoms with Crippen molar-refractivity contribution in [2.24, 2.45) is 0 Å². The lowest BCUT2D eigenvalue weighted by atomic mass is 9.80. The largest absolute Gasteiger partial charge is 0.497 e. The van der Waals surface area contributed by atoms with Gasteiger partial charge in [-0.1, -0.05) is 84.4 Å². The van der Waals surface area contributed by atoms with Gasteiger partial charge in [-0.05, 0) is 101 Å². The molecule has 0 bridgehead atoms. The smallest absolute Gasteiger partial charge is 0.145 e. The van der Waals surface area contributed by atoms with Crippen molar-refractivity contribution in [1.29, 1.82) is 0 Å². The number of benzene rings is 5. The third-order valence-corrected chi connectivity index (χ3v) is 11.2. The summed E-state index contributed by atoms with van der Waals surface area (Å²) in [5.41, 5.74) is 6.34. The third-order valence-electron chi connectivity index (χ3n) is 9.81. The summed E-state index contributed by atoms with van der Waals surface area (Å²) in [7, 11) is 3.30. The van der Waals surface area contributed by atoms with Crippen molar-refractivity contribution >= 4 is 33.2 Å². The Morgan fingerprint density at radius 1 is 0.754 bits per heavy atom. The minimum atomic E-state index is -1.05. The molecule has 0 N–H and O–H groups in total. The summed E-state index contributed by atoms with van der Waals surface area (Å²) in [4.78, 5) is 10.5. The van der Waals surface area contributed by atoms with E-state index in [-0.39, 0.29) is 19.0 Å². The quantitative estimate of drug-likeness (QED) is 0.0417. The molecule has 7 nitrogen and oxygen atoms in total. The van der Waals surface area contributed by atoms with Gasteiger partial charge in [0, 0.05) is 10.4 Å². The van der Waals surface area contributed by atoms with Crippen molar-refractivity contribution in [2.45, 2.75) is 25.6 Å². The maximum atomic E-state index is 14.0. The third kappa shape index (κ3) is 8.29. The van der Waals surface area contributed by atoms with Gasteiger partial charge in [0.2, 0.25) is 0 Å². The maximum Gasteiger partial charge on any atom is 0.145 e. The van der Waals surface area contributed by atoms with E-state index < -0.39 is 11.7 Å². The Labute approximate surface area is 341 Å². The molecule has 10 heteroatoms. The average molecular weight is 801 g/mol. The van der Waals surface area contributed by atoms with Crippen LogP contribution >= 0.6 is 22.9 Å². The monoisotopic (exact) mass is 800 g/mol. The molecule has 0 aliphatic carbocycles. The molecular formula is C47H42ClFN2O5S. The van der Waals surface area contributed by atoms with Gasteiger partial charge < -0.3 is 23.7 Å². The highest BCUT2D eigenvalue weighted by molar-refractivity contribution is 7.22. The van der Waals surface area contributed by atoms with Gasteiger partial charge in [-0.15, -0.1) is 17.9 Å². The van der Waals surface area contributed by atoms with Gasteiger partial charge in [0.1, 0.15) is 51.1 Å². The van der Waals surface area contributed by atoms with E-state index >= 15 is 0 Å². The first kappa shape index (κ1) is 39.6. The average Bonchev–Trinajstić information content (AvgIpc) is 3.62. The molecule has 0 aliphatic rings. The second-order valence-corrected chi connectivity index (χ2v) is 14.8. The fourth-order valence-corrected chi connectivity index (χ4v) is 8.65. The van der Waals surface area contributed by atoms with E-state index in [0.717, 1.165) is 71.1 Å². The van der Waals surface area contributed by atoms with E-state index in [9.17, 15) is 4.39 Å². The van der Waals surface area contributed by atoms with Crippen LogP contribution in [-0.4, -0.2) is 50.1 Å². The van der Waals surface area contributed by atoms with Crippen LogP contribution in [0.5, 0.6) is 17.2 Å². The van der Waals surface area contributed by atoms with Crippen LogP contribution in [0.15, 0.2) is 134 Å². The summed E-state index contributed by atoms with van der Waals surface area (Å²) in [6, 6.07) is 36.5. The highest BCUT2D eigenvalue weighted by Crippen LogP contribution is 2.48. The van der Waals surface area contributed by atoms with Crippen molar-refractivity contribution < 1.29 is 28.1 Å². The molecule has 1 atom stereocenters. The van der Waals surface area contributed by atoms with E-state index in [2.05, 4.69) is 28.7 Å². The van der Waals surface area contributed by atoms with Crippen molar-refractivity contribution in [3.63, 3.8) is 0 Å². The van der Waals surface area contributed by atoms with Crippen LogP contribution in [0.1, 0.15) is 27.8 Å². The number of hydrogen-bond donors (Lipinski definition) is 0. The summed E-state index contributed by atoms with van der Waals surface area (Å²) in [6.45, 7) is 8.65. The second kappa shape index (κ2) is 17.7. The standard InChI is InChI=1S/C47H42ClFN2O5S/c1-6-24-54-27-40(28-55-47(33-10-8-7-9-11-33,34-14-20-37(52-4)21-15-34)35-16-22-38(53-5)23-17-35)56-39-25-30(2)41(31(3)26-39)42-43-45(48)50-29-51-46(43)57-44(42)32-12-18-36(49)19-13-32/h6-23,25-26,29,40H,1,24,27-28H2,2-5H3/t40-/m1/s1. The van der Waals surface area contributed by atoms with Gasteiger partial charge in [0.25, 0.3) is 0 Å². The van der Waals surface area contributed by atoms with Crippen LogP contribution < -0.4 is 14.2 Å². The summed E-state index contributed by atoms with van der Waals surface area (Å²) in [5, 5.41) is 1.10. The second-order valence-electron chi connectivity index (χ2n) is 13.5. The molecule has 0 saturated carbocycles.